The Hall–Kier alpha value is -3.31. The highest BCUT2D eigenvalue weighted by Gasteiger charge is 2.24. The summed E-state index contributed by atoms with van der Waals surface area (Å²) in [6, 6.07) is 22.5. The van der Waals surface area contributed by atoms with E-state index in [0.717, 1.165) is 16.9 Å². The lowest BCUT2D eigenvalue weighted by molar-refractivity contribution is 0.0746. The van der Waals surface area contributed by atoms with Crippen LogP contribution in [0, 0.1) is 6.92 Å². The van der Waals surface area contributed by atoms with Crippen LogP contribution < -0.4 is 10.2 Å². The SMILES string of the molecule is Cc1ccc(C(=O)Nc2ccccc2N2CCN(C(=O)c3ccccc3)CC2)c(Cl)c1. The molecule has 5 nitrogen and oxygen atoms in total. The van der Waals surface area contributed by atoms with Gasteiger partial charge in [-0.1, -0.05) is 48.0 Å². The molecule has 1 aliphatic heterocycles. The van der Waals surface area contributed by atoms with Crippen LogP contribution in [0.2, 0.25) is 5.02 Å². The highest BCUT2D eigenvalue weighted by atomic mass is 35.5. The molecule has 0 atom stereocenters. The number of rotatable bonds is 4. The molecule has 0 aliphatic carbocycles. The summed E-state index contributed by atoms with van der Waals surface area (Å²) in [5.41, 5.74) is 3.82. The third kappa shape index (κ3) is 4.72. The molecular formula is C25H24ClN3O2. The van der Waals surface area contributed by atoms with Gasteiger partial charge in [0.1, 0.15) is 0 Å². The number of nitrogens with one attached hydrogen (secondary N) is 1. The number of carbonyl (C=O) groups excluding carboxylic acids is 2. The van der Waals surface area contributed by atoms with E-state index in [1.807, 2.05) is 72.5 Å². The Bertz CT molecular complexity index is 1090. The molecular weight excluding hydrogens is 410 g/mol. The minimum atomic E-state index is -0.240. The lowest BCUT2D eigenvalue weighted by Crippen LogP contribution is -2.49. The topological polar surface area (TPSA) is 52.7 Å². The molecule has 1 N–H and O–H groups in total. The third-order valence-corrected chi connectivity index (χ3v) is 5.76. The molecule has 0 bridgehead atoms. The molecule has 6 heteroatoms. The molecule has 1 aliphatic rings. The Morgan fingerprint density at radius 1 is 0.871 bits per heavy atom. The molecule has 158 valence electrons. The largest absolute Gasteiger partial charge is 0.366 e. The van der Waals surface area contributed by atoms with Gasteiger partial charge in [0.2, 0.25) is 0 Å². The van der Waals surface area contributed by atoms with Gasteiger partial charge in [-0.2, -0.15) is 0 Å². The first-order valence-electron chi connectivity index (χ1n) is 10.3. The second-order valence-corrected chi connectivity index (χ2v) is 8.01. The van der Waals surface area contributed by atoms with Gasteiger partial charge < -0.3 is 15.1 Å². The van der Waals surface area contributed by atoms with Crippen LogP contribution in [-0.2, 0) is 0 Å². The predicted octanol–water partition coefficient (Wildman–Crippen LogP) is 4.86. The molecule has 1 saturated heterocycles. The van der Waals surface area contributed by atoms with E-state index in [4.69, 9.17) is 11.6 Å². The Morgan fingerprint density at radius 3 is 2.26 bits per heavy atom. The number of para-hydroxylation sites is 2. The number of benzene rings is 3. The number of piperazine rings is 1. The summed E-state index contributed by atoms with van der Waals surface area (Å²) >= 11 is 6.27. The smallest absolute Gasteiger partial charge is 0.257 e. The third-order valence-electron chi connectivity index (χ3n) is 5.45. The maximum absolute atomic E-state index is 12.8. The molecule has 3 aromatic rings. The van der Waals surface area contributed by atoms with Crippen LogP contribution in [0.3, 0.4) is 0 Å². The Labute approximate surface area is 187 Å². The quantitative estimate of drug-likeness (QED) is 0.639. The molecule has 0 spiro atoms. The summed E-state index contributed by atoms with van der Waals surface area (Å²) in [6.45, 7) is 4.57. The zero-order chi connectivity index (χ0) is 21.8. The number of halogens is 1. The van der Waals surface area contributed by atoms with Crippen LogP contribution in [0.15, 0.2) is 72.8 Å². The minimum absolute atomic E-state index is 0.0517. The van der Waals surface area contributed by atoms with E-state index in [2.05, 4.69) is 10.2 Å². The second kappa shape index (κ2) is 9.23. The number of aryl methyl sites for hydroxylation is 1. The van der Waals surface area contributed by atoms with Gasteiger partial charge in [-0.25, -0.2) is 0 Å². The first kappa shape index (κ1) is 20.9. The average molecular weight is 434 g/mol. The fourth-order valence-electron chi connectivity index (χ4n) is 3.76. The molecule has 0 radical (unpaired) electrons. The van der Waals surface area contributed by atoms with Gasteiger partial charge in [0, 0.05) is 31.7 Å². The summed E-state index contributed by atoms with van der Waals surface area (Å²) in [4.78, 5) is 29.6. The fourth-order valence-corrected chi connectivity index (χ4v) is 4.08. The van der Waals surface area contributed by atoms with Crippen LogP contribution >= 0.6 is 11.6 Å². The zero-order valence-electron chi connectivity index (χ0n) is 17.3. The van der Waals surface area contributed by atoms with Crippen molar-refractivity contribution in [2.75, 3.05) is 36.4 Å². The van der Waals surface area contributed by atoms with E-state index >= 15 is 0 Å². The summed E-state index contributed by atoms with van der Waals surface area (Å²) in [6.07, 6.45) is 0. The van der Waals surface area contributed by atoms with Crippen molar-refractivity contribution >= 4 is 34.8 Å². The monoisotopic (exact) mass is 433 g/mol. The number of hydrogen-bond acceptors (Lipinski definition) is 3. The van der Waals surface area contributed by atoms with Crippen LogP contribution in [-0.4, -0.2) is 42.9 Å². The molecule has 0 saturated carbocycles. The molecule has 0 aromatic heterocycles. The van der Waals surface area contributed by atoms with Gasteiger partial charge in [0.25, 0.3) is 11.8 Å². The highest BCUT2D eigenvalue weighted by Crippen LogP contribution is 2.28. The number of hydrogen-bond donors (Lipinski definition) is 1. The van der Waals surface area contributed by atoms with E-state index < -0.39 is 0 Å². The van der Waals surface area contributed by atoms with Gasteiger partial charge in [-0.05, 0) is 48.9 Å². The Balaban J connectivity index is 1.46. The molecule has 0 unspecified atom stereocenters. The number of carbonyl (C=O) groups is 2. The van der Waals surface area contributed by atoms with Crippen LogP contribution in [0.5, 0.6) is 0 Å². The van der Waals surface area contributed by atoms with Crippen molar-refractivity contribution in [2.24, 2.45) is 0 Å². The van der Waals surface area contributed by atoms with Crippen molar-refractivity contribution in [3.8, 4) is 0 Å². The maximum Gasteiger partial charge on any atom is 0.257 e. The average Bonchev–Trinajstić information content (AvgIpc) is 2.79. The normalized spacial score (nSPS) is 13.7. The second-order valence-electron chi connectivity index (χ2n) is 7.60. The van der Waals surface area contributed by atoms with Crippen molar-refractivity contribution < 1.29 is 9.59 Å². The summed E-state index contributed by atoms with van der Waals surface area (Å²) in [7, 11) is 0. The number of amides is 2. The molecule has 3 aromatic carbocycles. The van der Waals surface area contributed by atoms with E-state index in [9.17, 15) is 9.59 Å². The maximum atomic E-state index is 12.8. The van der Waals surface area contributed by atoms with Gasteiger partial charge in [-0.15, -0.1) is 0 Å². The number of nitrogens with zero attached hydrogens (tertiary/aromatic N) is 2. The molecule has 31 heavy (non-hydrogen) atoms. The predicted molar refractivity (Wildman–Crippen MR) is 125 cm³/mol. The minimum Gasteiger partial charge on any atom is -0.366 e. The summed E-state index contributed by atoms with van der Waals surface area (Å²) < 4.78 is 0. The Morgan fingerprint density at radius 2 is 1.55 bits per heavy atom. The van der Waals surface area contributed by atoms with E-state index in [0.29, 0.717) is 42.3 Å². The van der Waals surface area contributed by atoms with E-state index in [-0.39, 0.29) is 11.8 Å². The van der Waals surface area contributed by atoms with Crippen LogP contribution in [0.25, 0.3) is 0 Å². The molecule has 1 heterocycles. The van der Waals surface area contributed by atoms with Gasteiger partial charge >= 0.3 is 0 Å². The van der Waals surface area contributed by atoms with Gasteiger partial charge in [0.05, 0.1) is 22.0 Å². The van der Waals surface area contributed by atoms with Crippen LogP contribution in [0.1, 0.15) is 26.3 Å². The van der Waals surface area contributed by atoms with Crippen molar-refractivity contribution in [3.63, 3.8) is 0 Å². The van der Waals surface area contributed by atoms with Crippen molar-refractivity contribution in [2.45, 2.75) is 6.92 Å². The van der Waals surface area contributed by atoms with Crippen molar-refractivity contribution in [1.29, 1.82) is 0 Å². The first-order chi connectivity index (χ1) is 15.0. The fraction of sp³-hybridized carbons (Fsp3) is 0.200. The lowest BCUT2D eigenvalue weighted by atomic mass is 10.1. The summed E-state index contributed by atoms with van der Waals surface area (Å²) in [5, 5.41) is 3.43. The van der Waals surface area contributed by atoms with E-state index in [1.54, 1.807) is 12.1 Å². The standard InChI is InChI=1S/C25H24ClN3O2/c1-18-11-12-20(21(26)17-18)24(30)27-22-9-5-6-10-23(22)28-13-15-29(16-14-28)25(31)19-7-3-2-4-8-19/h2-12,17H,13-16H2,1H3,(H,27,30). The first-order valence-corrected chi connectivity index (χ1v) is 10.7. The van der Waals surface area contributed by atoms with Gasteiger partial charge in [0.15, 0.2) is 0 Å². The highest BCUT2D eigenvalue weighted by molar-refractivity contribution is 6.34. The summed E-state index contributed by atoms with van der Waals surface area (Å²) in [5.74, 6) is -0.189. The Kier molecular flexibility index (Phi) is 6.23. The van der Waals surface area contributed by atoms with Crippen LogP contribution in [0.4, 0.5) is 11.4 Å². The molecule has 4 rings (SSSR count). The lowest BCUT2D eigenvalue weighted by Gasteiger charge is -2.37. The number of anilines is 2. The van der Waals surface area contributed by atoms with Crippen molar-refractivity contribution in [3.05, 3.63) is 94.5 Å². The molecule has 2 amide bonds. The van der Waals surface area contributed by atoms with E-state index in [1.165, 1.54) is 0 Å². The molecule has 1 fully saturated rings. The van der Waals surface area contributed by atoms with Crippen molar-refractivity contribution in [1.82, 2.24) is 4.90 Å². The zero-order valence-corrected chi connectivity index (χ0v) is 18.1. The van der Waals surface area contributed by atoms with Gasteiger partial charge in [-0.3, -0.25) is 9.59 Å².